The molecule has 0 atom stereocenters. The van der Waals surface area contributed by atoms with Crippen LogP contribution < -0.4 is 5.32 Å². The molecule has 1 fully saturated rings. The highest BCUT2D eigenvalue weighted by Gasteiger charge is 1.93. The van der Waals surface area contributed by atoms with Gasteiger partial charge in [-0.3, -0.25) is 4.79 Å². The van der Waals surface area contributed by atoms with E-state index in [4.69, 9.17) is 0 Å². The Morgan fingerprint density at radius 1 is 1.20 bits per heavy atom. The van der Waals surface area contributed by atoms with E-state index in [1.807, 2.05) is 30.3 Å². The SMILES string of the molecule is C1CCNC1.O=COCc1ccccc1. The summed E-state index contributed by atoms with van der Waals surface area (Å²) in [7, 11) is 0. The Morgan fingerprint density at radius 2 is 1.87 bits per heavy atom. The second-order valence-electron chi connectivity index (χ2n) is 3.35. The largest absolute Gasteiger partial charge is 0.463 e. The summed E-state index contributed by atoms with van der Waals surface area (Å²) in [6.07, 6.45) is 2.78. The summed E-state index contributed by atoms with van der Waals surface area (Å²) in [4.78, 5) is 9.76. The van der Waals surface area contributed by atoms with Gasteiger partial charge in [0.2, 0.25) is 0 Å². The number of hydrogen-bond acceptors (Lipinski definition) is 3. The molecule has 0 unspecified atom stereocenters. The minimum absolute atomic E-state index is 0.365. The predicted octanol–water partition coefficient (Wildman–Crippen LogP) is 1.73. The molecule has 0 saturated carbocycles. The molecule has 0 spiro atoms. The highest BCUT2D eigenvalue weighted by molar-refractivity contribution is 5.37. The number of carbonyl (C=O) groups excluding carboxylic acids is 1. The first-order chi connectivity index (χ1) is 7.43. The fraction of sp³-hybridized carbons (Fsp3) is 0.417. The van der Waals surface area contributed by atoms with Crippen LogP contribution in [0.2, 0.25) is 0 Å². The van der Waals surface area contributed by atoms with Gasteiger partial charge in [-0.15, -0.1) is 0 Å². The van der Waals surface area contributed by atoms with Crippen LogP contribution in [-0.4, -0.2) is 19.6 Å². The van der Waals surface area contributed by atoms with Gasteiger partial charge in [-0.1, -0.05) is 30.3 Å². The van der Waals surface area contributed by atoms with E-state index in [1.165, 1.54) is 25.9 Å². The molecule has 0 amide bonds. The van der Waals surface area contributed by atoms with Crippen molar-refractivity contribution in [2.24, 2.45) is 0 Å². The lowest BCUT2D eigenvalue weighted by Crippen LogP contribution is -2.03. The third kappa shape index (κ3) is 5.86. The quantitative estimate of drug-likeness (QED) is 0.767. The van der Waals surface area contributed by atoms with E-state index in [0.717, 1.165) is 5.56 Å². The van der Waals surface area contributed by atoms with Gasteiger partial charge < -0.3 is 10.1 Å². The molecular formula is C12H17NO2. The number of rotatable bonds is 3. The molecule has 1 aliphatic heterocycles. The topological polar surface area (TPSA) is 38.3 Å². The molecule has 0 bridgehead atoms. The smallest absolute Gasteiger partial charge is 0.293 e. The molecule has 1 N–H and O–H groups in total. The third-order valence-electron chi connectivity index (χ3n) is 2.12. The molecular weight excluding hydrogens is 190 g/mol. The zero-order valence-corrected chi connectivity index (χ0v) is 8.82. The Labute approximate surface area is 90.4 Å². The van der Waals surface area contributed by atoms with Gasteiger partial charge >= 0.3 is 0 Å². The van der Waals surface area contributed by atoms with Crippen LogP contribution in [0.5, 0.6) is 0 Å². The predicted molar refractivity (Wildman–Crippen MR) is 59.4 cm³/mol. The van der Waals surface area contributed by atoms with Crippen LogP contribution in [0.4, 0.5) is 0 Å². The monoisotopic (exact) mass is 207 g/mol. The van der Waals surface area contributed by atoms with E-state index in [0.29, 0.717) is 13.1 Å². The van der Waals surface area contributed by atoms with E-state index in [1.54, 1.807) is 0 Å². The lowest BCUT2D eigenvalue weighted by Gasteiger charge is -1.95. The van der Waals surface area contributed by atoms with Crippen molar-refractivity contribution in [2.75, 3.05) is 13.1 Å². The van der Waals surface area contributed by atoms with Gasteiger partial charge in [0.15, 0.2) is 0 Å². The molecule has 2 rings (SSSR count). The van der Waals surface area contributed by atoms with Crippen molar-refractivity contribution in [3.63, 3.8) is 0 Å². The zero-order chi connectivity index (χ0) is 10.8. The molecule has 1 aromatic rings. The fourth-order valence-electron chi connectivity index (χ4n) is 1.33. The Hall–Kier alpha value is -1.35. The molecule has 1 aromatic carbocycles. The number of nitrogens with one attached hydrogen (secondary N) is 1. The first kappa shape index (κ1) is 11.7. The molecule has 3 nitrogen and oxygen atoms in total. The standard InChI is InChI=1S/C8H8O2.C4H9N/c9-7-10-6-8-4-2-1-3-5-8;1-2-4-5-3-1/h1-5,7H,6H2;5H,1-4H2. The Bertz CT molecular complexity index is 250. The summed E-state index contributed by atoms with van der Waals surface area (Å²) in [5, 5.41) is 3.22. The maximum absolute atomic E-state index is 9.76. The van der Waals surface area contributed by atoms with E-state index < -0.39 is 0 Å². The summed E-state index contributed by atoms with van der Waals surface area (Å²) in [5.74, 6) is 0. The van der Waals surface area contributed by atoms with Crippen LogP contribution >= 0.6 is 0 Å². The van der Waals surface area contributed by atoms with Crippen molar-refractivity contribution >= 4 is 6.47 Å². The van der Waals surface area contributed by atoms with Gasteiger partial charge in [0.1, 0.15) is 6.61 Å². The number of carbonyl (C=O) groups is 1. The van der Waals surface area contributed by atoms with Gasteiger partial charge in [0.25, 0.3) is 6.47 Å². The van der Waals surface area contributed by atoms with Crippen LogP contribution in [0.15, 0.2) is 30.3 Å². The minimum atomic E-state index is 0.365. The van der Waals surface area contributed by atoms with Crippen LogP contribution in [0.3, 0.4) is 0 Å². The van der Waals surface area contributed by atoms with Gasteiger partial charge in [0.05, 0.1) is 0 Å². The second-order valence-corrected chi connectivity index (χ2v) is 3.35. The molecule has 0 aliphatic carbocycles. The van der Waals surface area contributed by atoms with E-state index in [9.17, 15) is 4.79 Å². The summed E-state index contributed by atoms with van der Waals surface area (Å²) in [6.45, 7) is 3.32. The molecule has 3 heteroatoms. The summed E-state index contributed by atoms with van der Waals surface area (Å²) in [6, 6.07) is 9.55. The van der Waals surface area contributed by atoms with Crippen LogP contribution in [0, 0.1) is 0 Å². The highest BCUT2D eigenvalue weighted by atomic mass is 16.5. The molecule has 1 heterocycles. The van der Waals surface area contributed by atoms with Crippen molar-refractivity contribution in [1.29, 1.82) is 0 Å². The average molecular weight is 207 g/mol. The molecule has 15 heavy (non-hydrogen) atoms. The summed E-state index contributed by atoms with van der Waals surface area (Å²) < 4.78 is 4.54. The minimum Gasteiger partial charge on any atom is -0.463 e. The third-order valence-corrected chi connectivity index (χ3v) is 2.12. The van der Waals surface area contributed by atoms with Crippen molar-refractivity contribution in [2.45, 2.75) is 19.4 Å². The Kier molecular flexibility index (Phi) is 6.25. The van der Waals surface area contributed by atoms with Gasteiger partial charge in [-0.25, -0.2) is 0 Å². The van der Waals surface area contributed by atoms with Crippen LogP contribution in [0.1, 0.15) is 18.4 Å². The van der Waals surface area contributed by atoms with Gasteiger partial charge in [0, 0.05) is 0 Å². The Morgan fingerprint density at radius 3 is 2.33 bits per heavy atom. The van der Waals surface area contributed by atoms with Gasteiger partial charge in [-0.05, 0) is 31.5 Å². The fourth-order valence-corrected chi connectivity index (χ4v) is 1.33. The van der Waals surface area contributed by atoms with E-state index in [-0.39, 0.29) is 0 Å². The summed E-state index contributed by atoms with van der Waals surface area (Å²) >= 11 is 0. The van der Waals surface area contributed by atoms with Crippen molar-refractivity contribution in [3.05, 3.63) is 35.9 Å². The number of ether oxygens (including phenoxy) is 1. The lowest BCUT2D eigenvalue weighted by atomic mass is 10.2. The molecule has 82 valence electrons. The van der Waals surface area contributed by atoms with Crippen LogP contribution in [-0.2, 0) is 16.1 Å². The van der Waals surface area contributed by atoms with Gasteiger partial charge in [-0.2, -0.15) is 0 Å². The van der Waals surface area contributed by atoms with Crippen LogP contribution in [0.25, 0.3) is 0 Å². The Balaban J connectivity index is 0.000000187. The first-order valence-corrected chi connectivity index (χ1v) is 5.23. The molecule has 1 saturated heterocycles. The van der Waals surface area contributed by atoms with Crippen molar-refractivity contribution in [1.82, 2.24) is 5.32 Å². The molecule has 1 aliphatic rings. The average Bonchev–Trinajstić information content (AvgIpc) is 2.86. The maximum atomic E-state index is 9.76. The van der Waals surface area contributed by atoms with E-state index >= 15 is 0 Å². The maximum Gasteiger partial charge on any atom is 0.293 e. The number of hydrogen-bond donors (Lipinski definition) is 1. The normalized spacial score (nSPS) is 13.9. The zero-order valence-electron chi connectivity index (χ0n) is 8.82. The highest BCUT2D eigenvalue weighted by Crippen LogP contribution is 1.98. The summed E-state index contributed by atoms with van der Waals surface area (Å²) in [5.41, 5.74) is 1.01. The van der Waals surface area contributed by atoms with Crippen molar-refractivity contribution in [3.8, 4) is 0 Å². The van der Waals surface area contributed by atoms with Crippen molar-refractivity contribution < 1.29 is 9.53 Å². The molecule has 0 radical (unpaired) electrons. The first-order valence-electron chi connectivity index (χ1n) is 5.23. The molecule has 0 aromatic heterocycles. The lowest BCUT2D eigenvalue weighted by molar-refractivity contribution is -0.129. The second kappa shape index (κ2) is 8.00. The van der Waals surface area contributed by atoms with E-state index in [2.05, 4.69) is 10.1 Å². The number of benzene rings is 1.